The molecule has 5 heterocycles. The van der Waals surface area contributed by atoms with E-state index in [0.29, 0.717) is 0 Å². The van der Waals surface area contributed by atoms with Crippen molar-refractivity contribution in [3.05, 3.63) is 118 Å². The Bertz CT molecular complexity index is 2520. The van der Waals surface area contributed by atoms with Gasteiger partial charge in [0, 0.05) is 44.3 Å². The van der Waals surface area contributed by atoms with Crippen LogP contribution in [0.3, 0.4) is 0 Å². The molecule has 0 unspecified atom stereocenters. The molecule has 0 saturated carbocycles. The van der Waals surface area contributed by atoms with Gasteiger partial charge in [-0.2, -0.15) is 0 Å². The monoisotopic (exact) mass is 678 g/mol. The lowest BCUT2D eigenvalue weighted by Crippen LogP contribution is -1.84. The fourth-order valence-corrected chi connectivity index (χ4v) is 9.46. The van der Waals surface area contributed by atoms with Crippen LogP contribution in [0.5, 0.6) is 0 Å². The van der Waals surface area contributed by atoms with Crippen molar-refractivity contribution in [3.63, 3.8) is 0 Å². The molecule has 52 heavy (non-hydrogen) atoms. The largest absolute Gasteiger partial charge is 0.354 e. The molecule has 258 valence electrons. The zero-order valence-corrected chi connectivity index (χ0v) is 31.7. The van der Waals surface area contributed by atoms with Crippen LogP contribution in [0.2, 0.25) is 0 Å². The predicted molar refractivity (Wildman–Crippen MR) is 221 cm³/mol. The number of rotatable bonds is 4. The van der Waals surface area contributed by atoms with Gasteiger partial charge < -0.3 is 9.97 Å². The van der Waals surface area contributed by atoms with Crippen LogP contribution in [-0.2, 0) is 12.8 Å². The Morgan fingerprint density at radius 1 is 0.442 bits per heavy atom. The zero-order valence-electron chi connectivity index (χ0n) is 31.7. The van der Waals surface area contributed by atoms with Gasteiger partial charge in [0.25, 0.3) is 0 Å². The summed E-state index contributed by atoms with van der Waals surface area (Å²) in [6, 6.07) is 27.1. The van der Waals surface area contributed by atoms with Crippen molar-refractivity contribution >= 4 is 44.4 Å². The first kappa shape index (κ1) is 32.4. The molecule has 2 aliphatic heterocycles. The average molecular weight is 679 g/mol. The molecule has 4 aliphatic rings. The number of aromatic amines is 2. The minimum atomic E-state index is 0.920. The van der Waals surface area contributed by atoms with Crippen molar-refractivity contribution in [1.29, 1.82) is 0 Å². The van der Waals surface area contributed by atoms with Crippen molar-refractivity contribution in [1.82, 2.24) is 19.9 Å². The number of H-pyrrole nitrogens is 2. The number of aromatic nitrogens is 4. The number of benzene rings is 2. The SMILES string of the molecule is CCC1=C(C)c2nc1cc1[nH]c(c3cc(c4nc(cc5[nH]c(c6cc2-c2ccccc2-6)c(C)c5CC)C(CC)=C4C)-c2ccccc2-3)c(C)c1CC. The highest BCUT2D eigenvalue weighted by Gasteiger charge is 2.28. The van der Waals surface area contributed by atoms with E-state index in [2.05, 4.69) is 138 Å². The van der Waals surface area contributed by atoms with Gasteiger partial charge in [-0.05, 0) is 144 Å². The van der Waals surface area contributed by atoms with E-state index in [0.717, 1.165) is 59.5 Å². The fraction of sp³-hybridized carbons (Fsp3) is 0.250. The molecular formula is C48H46N4. The van der Waals surface area contributed by atoms with E-state index in [-0.39, 0.29) is 0 Å². The van der Waals surface area contributed by atoms with E-state index >= 15 is 0 Å². The lowest BCUT2D eigenvalue weighted by Gasteiger charge is -2.04. The molecule has 2 aliphatic carbocycles. The van der Waals surface area contributed by atoms with E-state index in [1.807, 2.05) is 0 Å². The van der Waals surface area contributed by atoms with Gasteiger partial charge in [0.2, 0.25) is 0 Å². The number of aryl methyl sites for hydroxylation is 4. The predicted octanol–water partition coefficient (Wildman–Crippen LogP) is 13.2. The fourth-order valence-electron chi connectivity index (χ4n) is 9.46. The molecule has 5 aromatic rings. The van der Waals surface area contributed by atoms with E-state index in [4.69, 9.17) is 9.97 Å². The topological polar surface area (TPSA) is 57.4 Å². The number of hydrogen-bond acceptors (Lipinski definition) is 2. The van der Waals surface area contributed by atoms with Crippen molar-refractivity contribution in [3.8, 4) is 44.5 Å². The lowest BCUT2D eigenvalue weighted by atomic mass is 9.98. The van der Waals surface area contributed by atoms with Gasteiger partial charge in [-0.15, -0.1) is 0 Å². The van der Waals surface area contributed by atoms with Crippen LogP contribution < -0.4 is 0 Å². The first-order chi connectivity index (χ1) is 25.3. The van der Waals surface area contributed by atoms with E-state index < -0.39 is 0 Å². The summed E-state index contributed by atoms with van der Waals surface area (Å²) < 4.78 is 0. The first-order valence-corrected chi connectivity index (χ1v) is 19.1. The summed E-state index contributed by atoms with van der Waals surface area (Å²) in [6.45, 7) is 18.1. The third-order valence-corrected chi connectivity index (χ3v) is 12.1. The van der Waals surface area contributed by atoms with Crippen LogP contribution in [0, 0.1) is 13.8 Å². The summed E-state index contributed by atoms with van der Waals surface area (Å²) in [5.74, 6) is 0. The molecule has 0 radical (unpaired) electrons. The summed E-state index contributed by atoms with van der Waals surface area (Å²) in [4.78, 5) is 18.8. The summed E-state index contributed by atoms with van der Waals surface area (Å²) in [7, 11) is 0. The number of hydrogen-bond donors (Lipinski definition) is 2. The maximum atomic E-state index is 5.48. The third-order valence-electron chi connectivity index (χ3n) is 12.1. The Labute approximate surface area is 306 Å². The van der Waals surface area contributed by atoms with Crippen LogP contribution in [0.4, 0.5) is 0 Å². The number of allylic oxidation sites excluding steroid dienone is 4. The van der Waals surface area contributed by atoms with Crippen LogP contribution in [0.15, 0.2) is 72.8 Å². The molecule has 2 aromatic carbocycles. The molecule has 2 N–H and O–H groups in total. The number of nitrogens with one attached hydrogen (secondary N) is 2. The number of nitrogens with zero attached hydrogens (tertiary/aromatic N) is 2. The van der Waals surface area contributed by atoms with Crippen molar-refractivity contribution in [2.75, 3.05) is 0 Å². The van der Waals surface area contributed by atoms with Crippen molar-refractivity contribution < 1.29 is 0 Å². The highest BCUT2D eigenvalue weighted by Crippen LogP contribution is 2.49. The van der Waals surface area contributed by atoms with E-state index in [1.165, 1.54) is 100 Å². The molecule has 0 amide bonds. The Morgan fingerprint density at radius 2 is 0.808 bits per heavy atom. The summed E-state index contributed by atoms with van der Waals surface area (Å²) >= 11 is 0. The first-order valence-electron chi connectivity index (χ1n) is 19.1. The van der Waals surface area contributed by atoms with E-state index in [1.54, 1.807) is 0 Å². The van der Waals surface area contributed by atoms with Gasteiger partial charge in [-0.1, -0.05) is 76.2 Å². The summed E-state index contributed by atoms with van der Waals surface area (Å²) in [6.07, 6.45) is 3.71. The molecular weight excluding hydrogens is 633 g/mol. The normalized spacial score (nSPS) is 13.5. The second-order valence-electron chi connectivity index (χ2n) is 14.7. The van der Waals surface area contributed by atoms with Crippen LogP contribution >= 0.6 is 0 Å². The van der Waals surface area contributed by atoms with Crippen molar-refractivity contribution in [2.24, 2.45) is 0 Å². The van der Waals surface area contributed by atoms with Gasteiger partial charge in [-0.25, -0.2) is 9.97 Å². The molecule has 12 bridgehead atoms. The minimum absolute atomic E-state index is 0.920. The number of fused-ring (bicyclic) bond motifs is 22. The van der Waals surface area contributed by atoms with Gasteiger partial charge in [0.05, 0.1) is 22.8 Å². The Kier molecular flexibility index (Phi) is 7.52. The standard InChI is InChI=1S/C48H46N4/c1-9-29-25(5)45-37-21-38(34-18-14-13-17-33(34)37)47-27(7)31(11-3)43(51-47)24-44-32(12-4)28(8)48(52-44)40-22-39(35-19-15-16-20-36(35)40)46-26(6)30(10-2)42(50-46)23-41(29)49-45/h13-24,49,52H,9-12H2,1-8H3. The molecule has 0 spiro atoms. The summed E-state index contributed by atoms with van der Waals surface area (Å²) in [5.41, 5.74) is 29.2. The lowest BCUT2D eigenvalue weighted by molar-refractivity contribution is 1.14. The molecule has 0 fully saturated rings. The maximum absolute atomic E-state index is 5.48. The van der Waals surface area contributed by atoms with E-state index in [9.17, 15) is 0 Å². The molecule has 9 rings (SSSR count). The Balaban J connectivity index is 1.51. The van der Waals surface area contributed by atoms with Crippen LogP contribution in [0.1, 0.15) is 99.4 Å². The second kappa shape index (κ2) is 12.1. The summed E-state index contributed by atoms with van der Waals surface area (Å²) in [5, 5.41) is 0. The average Bonchev–Trinajstić information content (AvgIpc) is 3.98. The quantitative estimate of drug-likeness (QED) is 0.195. The Morgan fingerprint density at radius 3 is 1.15 bits per heavy atom. The van der Waals surface area contributed by atoms with Crippen LogP contribution in [-0.4, -0.2) is 19.9 Å². The highest BCUT2D eigenvalue weighted by molar-refractivity contribution is 6.06. The smallest absolute Gasteiger partial charge is 0.0748 e. The maximum Gasteiger partial charge on any atom is 0.0748 e. The zero-order chi connectivity index (χ0) is 36.0. The molecule has 3 aromatic heterocycles. The second-order valence-corrected chi connectivity index (χ2v) is 14.7. The van der Waals surface area contributed by atoms with Crippen molar-refractivity contribution in [2.45, 2.75) is 81.1 Å². The highest BCUT2D eigenvalue weighted by atomic mass is 14.8. The molecule has 4 nitrogen and oxygen atoms in total. The third kappa shape index (κ3) is 4.52. The van der Waals surface area contributed by atoms with Gasteiger partial charge in [0.15, 0.2) is 0 Å². The Hall–Kier alpha value is -5.48. The van der Waals surface area contributed by atoms with Gasteiger partial charge in [-0.3, -0.25) is 0 Å². The van der Waals surface area contributed by atoms with Gasteiger partial charge in [0.1, 0.15) is 0 Å². The van der Waals surface area contributed by atoms with Crippen LogP contribution in [0.25, 0.3) is 88.9 Å². The molecule has 0 atom stereocenters. The molecule has 4 heteroatoms. The molecule has 0 saturated heterocycles. The van der Waals surface area contributed by atoms with Gasteiger partial charge >= 0.3 is 0 Å². The minimum Gasteiger partial charge on any atom is -0.354 e.